The van der Waals surface area contributed by atoms with Crippen molar-refractivity contribution >= 4 is 5.69 Å². The van der Waals surface area contributed by atoms with E-state index in [0.29, 0.717) is 18.3 Å². The van der Waals surface area contributed by atoms with Crippen molar-refractivity contribution in [3.8, 4) is 5.75 Å². The topological polar surface area (TPSA) is 67.6 Å². The second-order valence-corrected chi connectivity index (χ2v) is 5.15. The molecule has 2 rings (SSSR count). The van der Waals surface area contributed by atoms with Gasteiger partial charge in [-0.05, 0) is 39.0 Å². The fraction of sp³-hybridized carbons (Fsp3) is 0.571. The highest BCUT2D eigenvalue weighted by molar-refractivity contribution is 5.43. The van der Waals surface area contributed by atoms with Gasteiger partial charge in [0.1, 0.15) is 5.75 Å². The van der Waals surface area contributed by atoms with Crippen LogP contribution in [0, 0.1) is 10.1 Å². The molecule has 1 aromatic carbocycles. The Morgan fingerprint density at radius 1 is 1.45 bits per heavy atom. The van der Waals surface area contributed by atoms with Gasteiger partial charge in [-0.25, -0.2) is 0 Å². The van der Waals surface area contributed by atoms with Crippen molar-refractivity contribution in [1.82, 2.24) is 10.2 Å². The maximum Gasteiger partial charge on any atom is 0.270 e. The fourth-order valence-corrected chi connectivity index (χ4v) is 2.65. The third-order valence-corrected chi connectivity index (χ3v) is 3.83. The minimum atomic E-state index is -0.368. The first-order valence-corrected chi connectivity index (χ1v) is 6.84. The first-order chi connectivity index (χ1) is 9.61. The van der Waals surface area contributed by atoms with Gasteiger partial charge in [0.2, 0.25) is 0 Å². The Bertz CT molecular complexity index is 473. The predicted octanol–water partition coefficient (Wildman–Crippen LogP) is 1.79. The van der Waals surface area contributed by atoms with Crippen molar-refractivity contribution in [2.24, 2.45) is 0 Å². The summed E-state index contributed by atoms with van der Waals surface area (Å²) in [6, 6.07) is 5.27. The molecule has 1 aliphatic rings. The van der Waals surface area contributed by atoms with Gasteiger partial charge in [0.25, 0.3) is 5.69 Å². The molecular formula is C14H21N3O3. The summed E-state index contributed by atoms with van der Waals surface area (Å²) in [4.78, 5) is 12.8. The van der Waals surface area contributed by atoms with E-state index in [1.54, 1.807) is 19.2 Å². The van der Waals surface area contributed by atoms with Crippen LogP contribution in [0.15, 0.2) is 18.2 Å². The molecule has 1 saturated heterocycles. The Balaban J connectivity index is 2.13. The number of nitro benzene ring substituents is 1. The van der Waals surface area contributed by atoms with Crippen LogP contribution in [0.1, 0.15) is 18.4 Å². The fourth-order valence-electron chi connectivity index (χ4n) is 2.65. The molecule has 6 nitrogen and oxygen atoms in total. The largest absolute Gasteiger partial charge is 0.496 e. The summed E-state index contributed by atoms with van der Waals surface area (Å²) in [7, 11) is 3.66. The van der Waals surface area contributed by atoms with Gasteiger partial charge in [0.05, 0.1) is 12.0 Å². The molecule has 0 radical (unpaired) electrons. The zero-order chi connectivity index (χ0) is 14.5. The number of ether oxygens (including phenoxy) is 1. The number of non-ortho nitro benzene ring substituents is 1. The number of nitrogens with zero attached hydrogens (tertiary/aromatic N) is 2. The van der Waals surface area contributed by atoms with E-state index in [1.165, 1.54) is 6.07 Å². The van der Waals surface area contributed by atoms with Crippen LogP contribution in [0.3, 0.4) is 0 Å². The Labute approximate surface area is 118 Å². The van der Waals surface area contributed by atoms with Gasteiger partial charge in [-0.2, -0.15) is 0 Å². The highest BCUT2D eigenvalue weighted by atomic mass is 16.6. The van der Waals surface area contributed by atoms with Crippen LogP contribution < -0.4 is 10.1 Å². The molecule has 0 amide bonds. The van der Waals surface area contributed by atoms with Crippen molar-refractivity contribution in [3.63, 3.8) is 0 Å². The zero-order valence-corrected chi connectivity index (χ0v) is 12.0. The van der Waals surface area contributed by atoms with Gasteiger partial charge in [-0.3, -0.25) is 15.0 Å². The smallest absolute Gasteiger partial charge is 0.270 e. The molecule has 110 valence electrons. The molecule has 0 saturated carbocycles. The lowest BCUT2D eigenvalue weighted by molar-refractivity contribution is -0.385. The van der Waals surface area contributed by atoms with Crippen LogP contribution in [0.4, 0.5) is 5.69 Å². The summed E-state index contributed by atoms with van der Waals surface area (Å²) in [6.07, 6.45) is 2.21. The molecule has 20 heavy (non-hydrogen) atoms. The lowest BCUT2D eigenvalue weighted by Gasteiger charge is -2.31. The van der Waals surface area contributed by atoms with Crippen molar-refractivity contribution in [1.29, 1.82) is 0 Å². The van der Waals surface area contributed by atoms with E-state index < -0.39 is 0 Å². The maximum absolute atomic E-state index is 10.9. The molecule has 0 atom stereocenters. The molecule has 1 N–H and O–H groups in total. The van der Waals surface area contributed by atoms with Gasteiger partial charge >= 0.3 is 0 Å². The first-order valence-electron chi connectivity index (χ1n) is 6.84. The van der Waals surface area contributed by atoms with Crippen molar-refractivity contribution in [2.75, 3.05) is 27.2 Å². The van der Waals surface area contributed by atoms with Gasteiger partial charge in [-0.1, -0.05) is 0 Å². The average molecular weight is 279 g/mol. The first kappa shape index (κ1) is 14.7. The molecule has 0 aliphatic carbocycles. The average Bonchev–Trinajstić information content (AvgIpc) is 2.48. The molecule has 0 aromatic heterocycles. The van der Waals surface area contributed by atoms with Crippen LogP contribution in [-0.2, 0) is 6.54 Å². The van der Waals surface area contributed by atoms with Gasteiger partial charge in [-0.15, -0.1) is 0 Å². The van der Waals surface area contributed by atoms with E-state index in [4.69, 9.17) is 4.74 Å². The van der Waals surface area contributed by atoms with E-state index in [2.05, 4.69) is 17.3 Å². The molecule has 1 fully saturated rings. The van der Waals surface area contributed by atoms with Crippen LogP contribution in [0.25, 0.3) is 0 Å². The monoisotopic (exact) mass is 279 g/mol. The Hall–Kier alpha value is -1.66. The SMILES string of the molecule is COc1ccc([N+](=O)[O-])cc1CN(C)C1CCNCC1. The van der Waals surface area contributed by atoms with E-state index in [0.717, 1.165) is 31.5 Å². The number of nitrogens with one attached hydrogen (secondary N) is 1. The van der Waals surface area contributed by atoms with Crippen LogP contribution in [0.2, 0.25) is 0 Å². The number of hydrogen-bond donors (Lipinski definition) is 1. The summed E-state index contributed by atoms with van der Waals surface area (Å²) < 4.78 is 5.31. The third-order valence-electron chi connectivity index (χ3n) is 3.83. The van der Waals surface area contributed by atoms with Crippen LogP contribution >= 0.6 is 0 Å². The highest BCUT2D eigenvalue weighted by Crippen LogP contribution is 2.26. The summed E-state index contributed by atoms with van der Waals surface area (Å²) >= 11 is 0. The van der Waals surface area contributed by atoms with E-state index in [9.17, 15) is 10.1 Å². The predicted molar refractivity (Wildman–Crippen MR) is 77.0 cm³/mol. The molecule has 0 bridgehead atoms. The van der Waals surface area contributed by atoms with E-state index in [1.807, 2.05) is 0 Å². The van der Waals surface area contributed by atoms with Gasteiger partial charge < -0.3 is 10.1 Å². The van der Waals surface area contributed by atoms with Crippen molar-refractivity contribution < 1.29 is 9.66 Å². The summed E-state index contributed by atoms with van der Waals surface area (Å²) in [6.45, 7) is 2.72. The summed E-state index contributed by atoms with van der Waals surface area (Å²) in [5, 5.41) is 14.2. The second kappa shape index (κ2) is 6.67. The van der Waals surface area contributed by atoms with E-state index >= 15 is 0 Å². The molecule has 0 spiro atoms. The Kier molecular flexibility index (Phi) is 4.92. The number of hydrogen-bond acceptors (Lipinski definition) is 5. The summed E-state index contributed by atoms with van der Waals surface area (Å²) in [5.41, 5.74) is 0.974. The lowest BCUT2D eigenvalue weighted by Crippen LogP contribution is -2.40. The second-order valence-electron chi connectivity index (χ2n) is 5.15. The molecule has 1 heterocycles. The maximum atomic E-state index is 10.9. The minimum Gasteiger partial charge on any atom is -0.496 e. The summed E-state index contributed by atoms with van der Waals surface area (Å²) in [5.74, 6) is 0.705. The number of methoxy groups -OCH3 is 1. The van der Waals surface area contributed by atoms with Crippen molar-refractivity contribution in [2.45, 2.75) is 25.4 Å². The minimum absolute atomic E-state index is 0.111. The van der Waals surface area contributed by atoms with Crippen LogP contribution in [-0.4, -0.2) is 43.1 Å². The molecule has 0 unspecified atom stereocenters. The van der Waals surface area contributed by atoms with Gasteiger partial charge in [0.15, 0.2) is 0 Å². The number of benzene rings is 1. The highest BCUT2D eigenvalue weighted by Gasteiger charge is 2.20. The number of nitro groups is 1. The standard InChI is InChI=1S/C14H21N3O3/c1-16(12-5-7-15-8-6-12)10-11-9-13(17(18)19)3-4-14(11)20-2/h3-4,9,12,15H,5-8,10H2,1-2H3. The van der Waals surface area contributed by atoms with Crippen LogP contribution in [0.5, 0.6) is 5.75 Å². The lowest BCUT2D eigenvalue weighted by atomic mass is 10.0. The molecular weight excluding hydrogens is 258 g/mol. The van der Waals surface area contributed by atoms with E-state index in [-0.39, 0.29) is 10.6 Å². The Morgan fingerprint density at radius 3 is 2.75 bits per heavy atom. The number of rotatable bonds is 5. The van der Waals surface area contributed by atoms with Crippen molar-refractivity contribution in [3.05, 3.63) is 33.9 Å². The Morgan fingerprint density at radius 2 is 2.15 bits per heavy atom. The molecule has 6 heteroatoms. The normalized spacial score (nSPS) is 16.4. The quantitative estimate of drug-likeness (QED) is 0.657. The van der Waals surface area contributed by atoms with Gasteiger partial charge in [0, 0.05) is 30.3 Å². The zero-order valence-electron chi connectivity index (χ0n) is 12.0. The third kappa shape index (κ3) is 3.46. The molecule has 1 aliphatic heterocycles. The molecule has 1 aromatic rings. The number of piperidine rings is 1.